The number of imidazole rings is 2. The molecule has 1 aliphatic heterocycles. The molecule has 0 saturated carbocycles. The maximum atomic E-state index is 13.5. The standard InChI is InChI=1S/C40H49N5O4S/c1-4-6-21-48-22-23-49-34-12-9-30(10-13-34)31-11-16-38-33(24-31)25-32(8-7-18-44(38)19-20-46)40-42-36-15-14-35(26-37(36)43-40)50(47)27-39-29(3)41-28-45(39)17-5-2/h9-16,24-26,28,46H,4-8,17-23,27H2,1-3H3,(H,42,43)/b32-25+. The van der Waals surface area contributed by atoms with Crippen molar-refractivity contribution in [2.45, 2.75) is 70.1 Å². The number of aromatic amines is 1. The maximum Gasteiger partial charge on any atom is 0.155 e. The fourth-order valence-corrected chi connectivity index (χ4v) is 7.70. The molecule has 9 nitrogen and oxygen atoms in total. The average Bonchev–Trinajstić information content (AvgIpc) is 3.70. The highest BCUT2D eigenvalue weighted by Crippen LogP contribution is 2.35. The molecular formula is C40H49N5O4S. The number of aliphatic hydroxyl groups excluding tert-OH is 1. The summed E-state index contributed by atoms with van der Waals surface area (Å²) in [6.07, 6.45) is 9.03. The number of β-amino-alcohol motifs (C(OH)–C–C–N with tert-alkyl or cyclic N) is 1. The monoisotopic (exact) mass is 695 g/mol. The third-order valence-electron chi connectivity index (χ3n) is 9.18. The molecule has 50 heavy (non-hydrogen) atoms. The second-order valence-electron chi connectivity index (χ2n) is 12.8. The van der Waals surface area contributed by atoms with Crippen LogP contribution in [0.5, 0.6) is 5.75 Å². The summed E-state index contributed by atoms with van der Waals surface area (Å²) >= 11 is -1.22. The Hall–Kier alpha value is -4.09. The first-order valence-electron chi connectivity index (χ1n) is 17.9. The zero-order valence-electron chi connectivity index (χ0n) is 29.5. The van der Waals surface area contributed by atoms with Crippen LogP contribution in [0.2, 0.25) is 0 Å². The van der Waals surface area contributed by atoms with E-state index in [4.69, 9.17) is 14.5 Å². The molecule has 2 N–H and O–H groups in total. The Kier molecular flexibility index (Phi) is 12.3. The van der Waals surface area contributed by atoms with E-state index < -0.39 is 11.2 Å². The Morgan fingerprint density at radius 3 is 2.60 bits per heavy atom. The van der Waals surface area contributed by atoms with Crippen molar-refractivity contribution in [3.8, 4) is 16.9 Å². The number of unbranched alkanes of at least 4 members (excludes halogenated alkanes) is 1. The van der Waals surface area contributed by atoms with Crippen LogP contribution in [-0.2, 0) is 28.2 Å². The highest BCUT2D eigenvalue weighted by atomic mass is 32.2. The molecule has 0 aliphatic carbocycles. The van der Waals surface area contributed by atoms with Gasteiger partial charge in [0.1, 0.15) is 18.2 Å². The van der Waals surface area contributed by atoms with Crippen molar-refractivity contribution >= 4 is 39.5 Å². The van der Waals surface area contributed by atoms with Crippen LogP contribution in [0.4, 0.5) is 5.69 Å². The molecule has 5 aromatic rings. The molecular weight excluding hydrogens is 647 g/mol. The summed E-state index contributed by atoms with van der Waals surface area (Å²) in [5, 5.41) is 9.86. The molecule has 0 saturated heterocycles. The first-order valence-corrected chi connectivity index (χ1v) is 19.2. The molecule has 264 valence electrons. The number of allylic oxidation sites excluding steroid dienone is 1. The fraction of sp³-hybridized carbons (Fsp3) is 0.400. The van der Waals surface area contributed by atoms with Crippen LogP contribution in [0.15, 0.2) is 71.9 Å². The fourth-order valence-electron chi connectivity index (χ4n) is 6.44. The van der Waals surface area contributed by atoms with Crippen LogP contribution in [0, 0.1) is 6.92 Å². The molecule has 3 aromatic carbocycles. The minimum atomic E-state index is -1.22. The second kappa shape index (κ2) is 17.2. The van der Waals surface area contributed by atoms with E-state index in [1.807, 2.05) is 43.6 Å². The summed E-state index contributed by atoms with van der Waals surface area (Å²) in [5.41, 5.74) is 9.17. The van der Waals surface area contributed by atoms with Crippen molar-refractivity contribution in [2.24, 2.45) is 0 Å². The average molecular weight is 696 g/mol. The maximum absolute atomic E-state index is 13.5. The number of aryl methyl sites for hydroxylation is 2. The van der Waals surface area contributed by atoms with Gasteiger partial charge < -0.3 is 33.6 Å². The first kappa shape index (κ1) is 35.7. The second-order valence-corrected chi connectivity index (χ2v) is 14.3. The quantitative estimate of drug-likeness (QED) is 0.0801. The van der Waals surface area contributed by atoms with Gasteiger partial charge in [-0.15, -0.1) is 0 Å². The van der Waals surface area contributed by atoms with E-state index in [1.54, 1.807) is 0 Å². The molecule has 0 fully saturated rings. The summed E-state index contributed by atoms with van der Waals surface area (Å²) in [5.74, 6) is 2.07. The topological polar surface area (TPSA) is 111 Å². The number of nitrogens with zero attached hydrogens (tertiary/aromatic N) is 4. The number of anilines is 1. The normalized spacial score (nSPS) is 15.0. The Morgan fingerprint density at radius 2 is 1.80 bits per heavy atom. The number of fused-ring (bicyclic) bond motifs is 2. The predicted molar refractivity (Wildman–Crippen MR) is 203 cm³/mol. The lowest BCUT2D eigenvalue weighted by Crippen LogP contribution is -2.29. The van der Waals surface area contributed by atoms with Gasteiger partial charge in [0.05, 0.1) is 42.0 Å². The van der Waals surface area contributed by atoms with E-state index in [2.05, 4.69) is 69.7 Å². The van der Waals surface area contributed by atoms with Crippen molar-refractivity contribution in [2.75, 3.05) is 44.4 Å². The van der Waals surface area contributed by atoms with E-state index >= 15 is 0 Å². The smallest absolute Gasteiger partial charge is 0.155 e. The molecule has 1 aliphatic rings. The molecule has 2 aromatic heterocycles. The molecule has 10 heteroatoms. The minimum Gasteiger partial charge on any atom is -0.611 e. The van der Waals surface area contributed by atoms with E-state index in [0.29, 0.717) is 25.5 Å². The summed E-state index contributed by atoms with van der Waals surface area (Å²) in [4.78, 5) is 16.1. The van der Waals surface area contributed by atoms with Crippen molar-refractivity contribution in [3.63, 3.8) is 0 Å². The van der Waals surface area contributed by atoms with Crippen molar-refractivity contribution in [1.29, 1.82) is 0 Å². The van der Waals surface area contributed by atoms with Crippen LogP contribution in [0.1, 0.15) is 68.7 Å². The molecule has 1 atom stereocenters. The zero-order valence-corrected chi connectivity index (χ0v) is 30.3. The Labute approximate surface area is 298 Å². The molecule has 0 radical (unpaired) electrons. The molecule has 6 rings (SSSR count). The molecule has 0 amide bonds. The Balaban J connectivity index is 1.24. The number of H-pyrrole nitrogens is 1. The predicted octanol–water partition coefficient (Wildman–Crippen LogP) is 7.78. The highest BCUT2D eigenvalue weighted by molar-refractivity contribution is 7.90. The summed E-state index contributed by atoms with van der Waals surface area (Å²) in [6, 6.07) is 20.6. The van der Waals surface area contributed by atoms with Crippen LogP contribution >= 0.6 is 0 Å². The van der Waals surface area contributed by atoms with Gasteiger partial charge >= 0.3 is 0 Å². The lowest BCUT2D eigenvalue weighted by molar-refractivity contribution is 0.0981. The van der Waals surface area contributed by atoms with Gasteiger partial charge in [-0.3, -0.25) is 0 Å². The summed E-state index contributed by atoms with van der Waals surface area (Å²) in [6.45, 7) is 10.5. The third kappa shape index (κ3) is 8.61. The van der Waals surface area contributed by atoms with Gasteiger partial charge in [0.2, 0.25) is 0 Å². The van der Waals surface area contributed by atoms with Crippen LogP contribution in [0.25, 0.3) is 33.8 Å². The molecule has 1 unspecified atom stereocenters. The zero-order chi connectivity index (χ0) is 34.9. The van der Waals surface area contributed by atoms with E-state index in [0.717, 1.165) is 119 Å². The van der Waals surface area contributed by atoms with Crippen LogP contribution in [0.3, 0.4) is 0 Å². The Morgan fingerprint density at radius 1 is 0.960 bits per heavy atom. The number of aromatic nitrogens is 4. The summed E-state index contributed by atoms with van der Waals surface area (Å²) in [7, 11) is 0. The number of hydrogen-bond acceptors (Lipinski definition) is 7. The van der Waals surface area contributed by atoms with E-state index in [-0.39, 0.29) is 6.61 Å². The third-order valence-corrected chi connectivity index (χ3v) is 10.5. The van der Waals surface area contributed by atoms with Gasteiger partial charge in [0, 0.05) is 38.0 Å². The number of benzene rings is 3. The lowest BCUT2D eigenvalue weighted by atomic mass is 9.96. The van der Waals surface area contributed by atoms with E-state index in [1.165, 1.54) is 0 Å². The Bertz CT molecular complexity index is 1880. The van der Waals surface area contributed by atoms with Gasteiger partial charge in [0.25, 0.3) is 0 Å². The van der Waals surface area contributed by atoms with Gasteiger partial charge in [-0.1, -0.05) is 38.5 Å². The molecule has 3 heterocycles. The number of hydrogen-bond donors (Lipinski definition) is 2. The number of nitrogens with one attached hydrogen (secondary N) is 1. The van der Waals surface area contributed by atoms with Crippen LogP contribution < -0.4 is 9.64 Å². The van der Waals surface area contributed by atoms with Crippen molar-refractivity contribution < 1.29 is 19.1 Å². The largest absolute Gasteiger partial charge is 0.611 e. The summed E-state index contributed by atoms with van der Waals surface area (Å²) < 4.78 is 27.1. The molecule has 0 spiro atoms. The minimum absolute atomic E-state index is 0.0939. The lowest BCUT2D eigenvalue weighted by Gasteiger charge is -2.28. The van der Waals surface area contributed by atoms with E-state index in [9.17, 15) is 9.66 Å². The van der Waals surface area contributed by atoms with Gasteiger partial charge in [0.15, 0.2) is 10.6 Å². The first-order chi connectivity index (χ1) is 24.5. The SMILES string of the molecule is CCCCOCCOc1ccc(-c2ccc3c(c2)/C=C(/c2nc4cc([S+]([O-])Cc5c(C)ncn5CCC)ccc4[nH]2)CCCN3CCO)cc1. The molecule has 0 bridgehead atoms. The number of rotatable bonds is 16. The van der Waals surface area contributed by atoms with Gasteiger partial charge in [-0.2, -0.15) is 0 Å². The van der Waals surface area contributed by atoms with Crippen LogP contribution in [-0.4, -0.2) is 68.7 Å². The number of ether oxygens (including phenoxy) is 2. The number of aliphatic hydroxyl groups is 1. The van der Waals surface area contributed by atoms with Crippen molar-refractivity contribution in [3.05, 3.63) is 89.8 Å². The van der Waals surface area contributed by atoms with Gasteiger partial charge in [-0.25, -0.2) is 9.97 Å². The highest BCUT2D eigenvalue weighted by Gasteiger charge is 2.21. The van der Waals surface area contributed by atoms with Gasteiger partial charge in [-0.05, 0) is 109 Å². The van der Waals surface area contributed by atoms with Crippen molar-refractivity contribution in [1.82, 2.24) is 19.5 Å².